The zero-order chi connectivity index (χ0) is 14.4. The van der Waals surface area contributed by atoms with Crippen LogP contribution in [0, 0.1) is 20.8 Å². The van der Waals surface area contributed by atoms with Gasteiger partial charge in [0.2, 0.25) is 0 Å². The molecule has 0 unspecified atom stereocenters. The molecule has 1 rings (SSSR count). The fraction of sp³-hybridized carbons (Fsp3) is 0.467. The Balaban J connectivity index is 2.60. The standard InChI is InChI=1S/C15H23N3O/c1-6-13(5)17-18-14(19)9-16-15-11(3)7-10(2)8-12(15)4/h7-8,16H,6,9H2,1-5H3,(H,18,19)/b17-13-. The number of nitrogens with zero attached hydrogens (tertiary/aromatic N) is 1. The van der Waals surface area contributed by atoms with E-state index >= 15 is 0 Å². The van der Waals surface area contributed by atoms with Gasteiger partial charge in [-0.1, -0.05) is 24.6 Å². The molecule has 0 aromatic heterocycles. The van der Waals surface area contributed by atoms with Crippen LogP contribution < -0.4 is 10.7 Å². The molecular weight excluding hydrogens is 238 g/mol. The molecule has 104 valence electrons. The Bertz CT molecular complexity index is 469. The van der Waals surface area contributed by atoms with Gasteiger partial charge in [-0.05, 0) is 45.2 Å². The van der Waals surface area contributed by atoms with Gasteiger partial charge in [0, 0.05) is 11.4 Å². The Labute approximate surface area is 115 Å². The van der Waals surface area contributed by atoms with Gasteiger partial charge in [0.15, 0.2) is 0 Å². The van der Waals surface area contributed by atoms with E-state index in [1.807, 2.05) is 27.7 Å². The first-order valence-electron chi connectivity index (χ1n) is 6.57. The lowest BCUT2D eigenvalue weighted by Gasteiger charge is -2.13. The Morgan fingerprint density at radius 2 is 1.79 bits per heavy atom. The number of hydrogen-bond donors (Lipinski definition) is 2. The smallest absolute Gasteiger partial charge is 0.259 e. The molecule has 4 nitrogen and oxygen atoms in total. The summed E-state index contributed by atoms with van der Waals surface area (Å²) in [6.07, 6.45) is 0.837. The molecule has 4 heteroatoms. The van der Waals surface area contributed by atoms with Crippen molar-refractivity contribution in [2.24, 2.45) is 5.10 Å². The van der Waals surface area contributed by atoms with Crippen LogP contribution in [-0.2, 0) is 4.79 Å². The van der Waals surface area contributed by atoms with Crippen molar-refractivity contribution in [1.82, 2.24) is 5.43 Å². The maximum Gasteiger partial charge on any atom is 0.259 e. The molecule has 1 aromatic rings. The quantitative estimate of drug-likeness (QED) is 0.632. The average molecular weight is 261 g/mol. The molecule has 0 aliphatic carbocycles. The van der Waals surface area contributed by atoms with Crippen LogP contribution in [0.25, 0.3) is 0 Å². The summed E-state index contributed by atoms with van der Waals surface area (Å²) in [7, 11) is 0. The number of rotatable bonds is 5. The van der Waals surface area contributed by atoms with Gasteiger partial charge >= 0.3 is 0 Å². The normalized spacial score (nSPS) is 11.3. The van der Waals surface area contributed by atoms with Crippen LogP contribution >= 0.6 is 0 Å². The van der Waals surface area contributed by atoms with Crippen molar-refractivity contribution >= 4 is 17.3 Å². The van der Waals surface area contributed by atoms with Crippen LogP contribution in [0.1, 0.15) is 37.0 Å². The van der Waals surface area contributed by atoms with Gasteiger partial charge < -0.3 is 5.32 Å². The van der Waals surface area contributed by atoms with E-state index in [4.69, 9.17) is 0 Å². The van der Waals surface area contributed by atoms with Gasteiger partial charge in [-0.3, -0.25) is 4.79 Å². The van der Waals surface area contributed by atoms with Crippen molar-refractivity contribution in [3.63, 3.8) is 0 Å². The summed E-state index contributed by atoms with van der Waals surface area (Å²) >= 11 is 0. The number of amides is 1. The van der Waals surface area contributed by atoms with Crippen molar-refractivity contribution in [2.75, 3.05) is 11.9 Å². The molecule has 0 spiro atoms. The second-order valence-corrected chi connectivity index (χ2v) is 4.86. The van der Waals surface area contributed by atoms with Gasteiger partial charge in [0.05, 0.1) is 6.54 Å². The number of nitrogens with one attached hydrogen (secondary N) is 2. The highest BCUT2D eigenvalue weighted by Gasteiger charge is 2.05. The van der Waals surface area contributed by atoms with E-state index in [1.54, 1.807) is 0 Å². The number of hydrogen-bond acceptors (Lipinski definition) is 3. The van der Waals surface area contributed by atoms with Crippen molar-refractivity contribution in [1.29, 1.82) is 0 Å². The van der Waals surface area contributed by atoms with Gasteiger partial charge in [-0.2, -0.15) is 5.10 Å². The number of anilines is 1. The zero-order valence-corrected chi connectivity index (χ0v) is 12.4. The van der Waals surface area contributed by atoms with Crippen molar-refractivity contribution in [3.05, 3.63) is 28.8 Å². The fourth-order valence-electron chi connectivity index (χ4n) is 1.90. The molecule has 1 aromatic carbocycles. The maximum absolute atomic E-state index is 11.6. The van der Waals surface area contributed by atoms with Crippen LogP contribution in [0.5, 0.6) is 0 Å². The molecule has 0 fully saturated rings. The number of hydrazone groups is 1. The van der Waals surface area contributed by atoms with Crippen LogP contribution in [0.4, 0.5) is 5.69 Å². The number of aryl methyl sites for hydroxylation is 3. The first-order chi connectivity index (χ1) is 8.93. The lowest BCUT2D eigenvalue weighted by Crippen LogP contribution is -2.27. The lowest BCUT2D eigenvalue weighted by molar-refractivity contribution is -0.119. The van der Waals surface area contributed by atoms with E-state index in [2.05, 4.69) is 34.9 Å². The Morgan fingerprint density at radius 1 is 1.21 bits per heavy atom. The highest BCUT2D eigenvalue weighted by Crippen LogP contribution is 2.21. The molecule has 0 atom stereocenters. The predicted octanol–water partition coefficient (Wildman–Crippen LogP) is 2.93. The third kappa shape index (κ3) is 4.73. The Morgan fingerprint density at radius 3 is 2.32 bits per heavy atom. The summed E-state index contributed by atoms with van der Waals surface area (Å²) in [6, 6.07) is 4.21. The molecule has 0 radical (unpaired) electrons. The monoisotopic (exact) mass is 261 g/mol. The minimum absolute atomic E-state index is 0.132. The maximum atomic E-state index is 11.6. The largest absolute Gasteiger partial charge is 0.376 e. The molecule has 0 bridgehead atoms. The third-order valence-corrected chi connectivity index (χ3v) is 2.99. The topological polar surface area (TPSA) is 53.5 Å². The van der Waals surface area contributed by atoms with E-state index < -0.39 is 0 Å². The summed E-state index contributed by atoms with van der Waals surface area (Å²) in [5.74, 6) is -0.132. The van der Waals surface area contributed by atoms with E-state index in [9.17, 15) is 4.79 Å². The summed E-state index contributed by atoms with van der Waals surface area (Å²) in [4.78, 5) is 11.6. The predicted molar refractivity (Wildman–Crippen MR) is 80.7 cm³/mol. The van der Waals surface area contributed by atoms with Gasteiger partial charge in [-0.25, -0.2) is 5.43 Å². The molecule has 0 heterocycles. The Kier molecular flexibility index (Phi) is 5.55. The van der Waals surface area contributed by atoms with E-state index in [0.29, 0.717) is 0 Å². The van der Waals surface area contributed by atoms with Crippen molar-refractivity contribution < 1.29 is 4.79 Å². The van der Waals surface area contributed by atoms with Crippen LogP contribution in [0.2, 0.25) is 0 Å². The molecule has 0 aliphatic heterocycles. The van der Waals surface area contributed by atoms with E-state index in [-0.39, 0.29) is 12.5 Å². The van der Waals surface area contributed by atoms with Crippen molar-refractivity contribution in [2.45, 2.75) is 41.0 Å². The molecule has 0 saturated carbocycles. The molecular formula is C15H23N3O. The van der Waals surface area contributed by atoms with Crippen LogP contribution in [-0.4, -0.2) is 18.2 Å². The number of carbonyl (C=O) groups is 1. The van der Waals surface area contributed by atoms with Crippen LogP contribution in [0.3, 0.4) is 0 Å². The second-order valence-electron chi connectivity index (χ2n) is 4.86. The van der Waals surface area contributed by atoms with Gasteiger partial charge in [0.25, 0.3) is 5.91 Å². The first-order valence-corrected chi connectivity index (χ1v) is 6.57. The minimum Gasteiger partial charge on any atom is -0.376 e. The summed E-state index contributed by atoms with van der Waals surface area (Å²) in [5, 5.41) is 7.16. The second kappa shape index (κ2) is 6.92. The zero-order valence-electron chi connectivity index (χ0n) is 12.4. The van der Waals surface area contributed by atoms with Gasteiger partial charge in [0.1, 0.15) is 0 Å². The SMILES string of the molecule is CC/C(C)=N\NC(=O)CNc1c(C)cc(C)cc1C. The van der Waals surface area contributed by atoms with Gasteiger partial charge in [-0.15, -0.1) is 0 Å². The summed E-state index contributed by atoms with van der Waals surface area (Å²) in [5.41, 5.74) is 8.01. The summed E-state index contributed by atoms with van der Waals surface area (Å²) < 4.78 is 0. The molecule has 0 saturated heterocycles. The number of carbonyl (C=O) groups excluding carboxylic acids is 1. The first kappa shape index (κ1) is 15.2. The van der Waals surface area contributed by atoms with Crippen molar-refractivity contribution in [3.8, 4) is 0 Å². The molecule has 2 N–H and O–H groups in total. The minimum atomic E-state index is -0.132. The van der Waals surface area contributed by atoms with Crippen LogP contribution in [0.15, 0.2) is 17.2 Å². The molecule has 0 aliphatic rings. The summed E-state index contributed by atoms with van der Waals surface area (Å²) in [6.45, 7) is 10.3. The Hall–Kier alpha value is -1.84. The molecule has 19 heavy (non-hydrogen) atoms. The average Bonchev–Trinajstić information content (AvgIpc) is 2.34. The fourth-order valence-corrected chi connectivity index (χ4v) is 1.90. The third-order valence-electron chi connectivity index (χ3n) is 2.99. The highest BCUT2D eigenvalue weighted by atomic mass is 16.2. The van der Waals surface area contributed by atoms with E-state index in [1.165, 1.54) is 5.56 Å². The lowest BCUT2D eigenvalue weighted by atomic mass is 10.1. The van der Waals surface area contributed by atoms with E-state index in [0.717, 1.165) is 28.9 Å². The highest BCUT2D eigenvalue weighted by molar-refractivity contribution is 5.85. The number of benzene rings is 1. The molecule has 1 amide bonds.